The van der Waals surface area contributed by atoms with Gasteiger partial charge in [0.25, 0.3) is 0 Å². The first-order valence-corrected chi connectivity index (χ1v) is 4.62. The number of hydrogen-bond acceptors (Lipinski definition) is 3. The van der Waals surface area contributed by atoms with Crippen LogP contribution in [0.25, 0.3) is 0 Å². The second-order valence-corrected chi connectivity index (χ2v) is 3.31. The van der Waals surface area contributed by atoms with Gasteiger partial charge in [0.2, 0.25) is 0 Å². The first-order chi connectivity index (χ1) is 6.36. The Hall–Kier alpha value is -1.03. The third kappa shape index (κ3) is 2.01. The van der Waals surface area contributed by atoms with Crippen LogP contribution in [0.15, 0.2) is 21.7 Å². The average molecular weight is 183 g/mol. The maximum Gasteiger partial charge on any atom is 0.418 e. The van der Waals surface area contributed by atoms with E-state index in [2.05, 4.69) is 4.42 Å². The minimum atomic E-state index is -0.297. The molecule has 4 nitrogen and oxygen atoms in total. The fraction of sp³-hybridized carbons (Fsp3) is 0.667. The number of oxazole rings is 1. The Morgan fingerprint density at radius 2 is 2.46 bits per heavy atom. The number of rotatable bonds is 2. The van der Waals surface area contributed by atoms with Gasteiger partial charge in [0, 0.05) is 12.8 Å². The van der Waals surface area contributed by atoms with Gasteiger partial charge in [-0.25, -0.2) is 4.79 Å². The van der Waals surface area contributed by atoms with Crippen LogP contribution in [0.1, 0.15) is 19.3 Å². The highest BCUT2D eigenvalue weighted by Gasteiger charge is 2.15. The maximum atomic E-state index is 11.0. The zero-order chi connectivity index (χ0) is 9.10. The number of nitrogens with zero attached hydrogens (tertiary/aromatic N) is 1. The van der Waals surface area contributed by atoms with Crippen molar-refractivity contribution in [3.63, 3.8) is 0 Å². The highest BCUT2D eigenvalue weighted by molar-refractivity contribution is 4.73. The van der Waals surface area contributed by atoms with Crippen molar-refractivity contribution in [2.45, 2.75) is 31.9 Å². The summed E-state index contributed by atoms with van der Waals surface area (Å²) in [6, 6.07) is 0. The van der Waals surface area contributed by atoms with E-state index in [9.17, 15) is 4.79 Å². The van der Waals surface area contributed by atoms with Crippen LogP contribution in [0.2, 0.25) is 0 Å². The Morgan fingerprint density at radius 1 is 1.54 bits per heavy atom. The lowest BCUT2D eigenvalue weighted by Crippen LogP contribution is -2.28. The molecular formula is C9H13NO3. The number of ether oxygens (including phenoxy) is 1. The second kappa shape index (κ2) is 3.79. The van der Waals surface area contributed by atoms with E-state index in [4.69, 9.17) is 4.74 Å². The van der Waals surface area contributed by atoms with Gasteiger partial charge in [0.05, 0.1) is 12.6 Å². The molecule has 1 aromatic heterocycles. The van der Waals surface area contributed by atoms with Crippen LogP contribution in [-0.2, 0) is 11.3 Å². The summed E-state index contributed by atoms with van der Waals surface area (Å²) in [5.74, 6) is -0.297. The molecule has 0 radical (unpaired) electrons. The molecule has 1 aliphatic heterocycles. The van der Waals surface area contributed by atoms with E-state index in [1.807, 2.05) is 0 Å². The van der Waals surface area contributed by atoms with Crippen molar-refractivity contribution in [1.29, 1.82) is 0 Å². The summed E-state index contributed by atoms with van der Waals surface area (Å²) >= 11 is 0. The molecule has 1 aliphatic rings. The second-order valence-electron chi connectivity index (χ2n) is 3.31. The Balaban J connectivity index is 1.97. The molecule has 1 saturated heterocycles. The van der Waals surface area contributed by atoms with Crippen LogP contribution in [0.4, 0.5) is 0 Å². The molecule has 1 fully saturated rings. The van der Waals surface area contributed by atoms with Gasteiger partial charge in [-0.05, 0) is 19.3 Å². The van der Waals surface area contributed by atoms with Crippen LogP contribution >= 0.6 is 0 Å². The van der Waals surface area contributed by atoms with E-state index in [0.717, 1.165) is 19.4 Å². The molecule has 0 aliphatic carbocycles. The van der Waals surface area contributed by atoms with Gasteiger partial charge in [-0.1, -0.05) is 0 Å². The van der Waals surface area contributed by atoms with Gasteiger partial charge >= 0.3 is 5.76 Å². The Labute approximate surface area is 76.1 Å². The van der Waals surface area contributed by atoms with Crippen LogP contribution in [0.3, 0.4) is 0 Å². The fourth-order valence-corrected chi connectivity index (χ4v) is 1.60. The summed E-state index contributed by atoms with van der Waals surface area (Å²) in [6.45, 7) is 1.44. The lowest BCUT2D eigenvalue weighted by molar-refractivity contribution is 0.00496. The first kappa shape index (κ1) is 8.56. The number of aromatic nitrogens is 1. The van der Waals surface area contributed by atoms with Gasteiger partial charge in [0.15, 0.2) is 0 Å². The van der Waals surface area contributed by atoms with Gasteiger partial charge < -0.3 is 9.15 Å². The molecule has 1 atom stereocenters. The summed E-state index contributed by atoms with van der Waals surface area (Å²) in [5.41, 5.74) is 0. The SMILES string of the molecule is O=c1occn1CC1CCCCO1. The Kier molecular flexibility index (Phi) is 2.49. The van der Waals surface area contributed by atoms with Crippen molar-refractivity contribution in [2.24, 2.45) is 0 Å². The lowest BCUT2D eigenvalue weighted by atomic mass is 10.1. The average Bonchev–Trinajstić information content (AvgIpc) is 2.54. The smallest absolute Gasteiger partial charge is 0.416 e. The predicted octanol–water partition coefficient (Wildman–Crippen LogP) is 1.01. The van der Waals surface area contributed by atoms with Gasteiger partial charge in [-0.2, -0.15) is 0 Å². The molecule has 0 N–H and O–H groups in total. The van der Waals surface area contributed by atoms with Crippen molar-refractivity contribution >= 4 is 0 Å². The molecule has 2 rings (SSSR count). The molecule has 4 heteroatoms. The molecule has 1 aromatic rings. The molecule has 0 saturated carbocycles. The third-order valence-electron chi connectivity index (χ3n) is 2.32. The summed E-state index contributed by atoms with van der Waals surface area (Å²) in [7, 11) is 0. The van der Waals surface area contributed by atoms with Crippen LogP contribution < -0.4 is 5.76 Å². The zero-order valence-electron chi connectivity index (χ0n) is 7.44. The first-order valence-electron chi connectivity index (χ1n) is 4.62. The molecule has 0 aromatic carbocycles. The minimum absolute atomic E-state index is 0.184. The molecule has 2 heterocycles. The molecule has 72 valence electrons. The highest BCUT2D eigenvalue weighted by atomic mass is 16.5. The van der Waals surface area contributed by atoms with E-state index < -0.39 is 0 Å². The monoisotopic (exact) mass is 183 g/mol. The fourth-order valence-electron chi connectivity index (χ4n) is 1.60. The van der Waals surface area contributed by atoms with Crippen molar-refractivity contribution in [3.8, 4) is 0 Å². The van der Waals surface area contributed by atoms with Gasteiger partial charge in [-0.3, -0.25) is 4.57 Å². The quantitative estimate of drug-likeness (QED) is 0.687. The van der Waals surface area contributed by atoms with Crippen molar-refractivity contribution in [1.82, 2.24) is 4.57 Å². The third-order valence-corrected chi connectivity index (χ3v) is 2.32. The van der Waals surface area contributed by atoms with E-state index >= 15 is 0 Å². The maximum absolute atomic E-state index is 11.0. The minimum Gasteiger partial charge on any atom is -0.416 e. The summed E-state index contributed by atoms with van der Waals surface area (Å²) in [6.07, 6.45) is 6.61. The number of hydrogen-bond donors (Lipinski definition) is 0. The van der Waals surface area contributed by atoms with Crippen LogP contribution in [-0.4, -0.2) is 17.3 Å². The summed E-state index contributed by atoms with van der Waals surface area (Å²) < 4.78 is 11.7. The van der Waals surface area contributed by atoms with Crippen molar-refractivity contribution < 1.29 is 9.15 Å². The standard InChI is InChI=1S/C9H13NO3/c11-9-10(4-6-13-9)7-8-3-1-2-5-12-8/h4,6,8H,1-3,5,7H2. The molecule has 13 heavy (non-hydrogen) atoms. The normalized spacial score (nSPS) is 23.2. The van der Waals surface area contributed by atoms with E-state index in [-0.39, 0.29) is 11.9 Å². The molecule has 1 unspecified atom stereocenters. The van der Waals surface area contributed by atoms with E-state index in [1.54, 1.807) is 10.8 Å². The molecule has 0 bridgehead atoms. The highest BCUT2D eigenvalue weighted by Crippen LogP contribution is 2.13. The molecule has 0 amide bonds. The Morgan fingerprint density at radius 3 is 3.08 bits per heavy atom. The largest absolute Gasteiger partial charge is 0.418 e. The van der Waals surface area contributed by atoms with Crippen LogP contribution in [0, 0.1) is 0 Å². The topological polar surface area (TPSA) is 44.4 Å². The summed E-state index contributed by atoms with van der Waals surface area (Å²) in [5, 5.41) is 0. The molecular weight excluding hydrogens is 170 g/mol. The van der Waals surface area contributed by atoms with Crippen LogP contribution in [0.5, 0.6) is 0 Å². The van der Waals surface area contributed by atoms with E-state index in [1.165, 1.54) is 12.7 Å². The van der Waals surface area contributed by atoms with Gasteiger partial charge in [-0.15, -0.1) is 0 Å². The molecule has 0 spiro atoms. The predicted molar refractivity (Wildman–Crippen MR) is 46.6 cm³/mol. The summed E-state index contributed by atoms with van der Waals surface area (Å²) in [4.78, 5) is 11.0. The van der Waals surface area contributed by atoms with Crippen molar-refractivity contribution in [2.75, 3.05) is 6.61 Å². The van der Waals surface area contributed by atoms with Crippen molar-refractivity contribution in [3.05, 3.63) is 23.0 Å². The lowest BCUT2D eigenvalue weighted by Gasteiger charge is -2.22. The van der Waals surface area contributed by atoms with E-state index in [0.29, 0.717) is 6.54 Å². The van der Waals surface area contributed by atoms with Gasteiger partial charge in [0.1, 0.15) is 6.26 Å². The zero-order valence-corrected chi connectivity index (χ0v) is 7.44. The Bertz CT molecular complexity index is 309.